The van der Waals surface area contributed by atoms with Crippen molar-refractivity contribution in [3.8, 4) is 0 Å². The number of rotatable bonds is 4. The van der Waals surface area contributed by atoms with E-state index in [1.165, 1.54) is 20.0 Å². The predicted octanol–water partition coefficient (Wildman–Crippen LogP) is 2.27. The molecule has 4 nitrogen and oxygen atoms in total. The molecule has 0 bridgehead atoms. The normalized spacial score (nSPS) is 19.1. The fourth-order valence-electron chi connectivity index (χ4n) is 2.52. The summed E-state index contributed by atoms with van der Waals surface area (Å²) in [5.74, 6) is -1.33. The van der Waals surface area contributed by atoms with Crippen LogP contribution in [0.15, 0.2) is 0 Å². The molecule has 1 unspecified atom stereocenters. The van der Waals surface area contributed by atoms with Crippen molar-refractivity contribution in [2.24, 2.45) is 11.8 Å². The van der Waals surface area contributed by atoms with Crippen LogP contribution < -0.4 is 5.32 Å². The van der Waals surface area contributed by atoms with Crippen LogP contribution in [0, 0.1) is 11.8 Å². The molecule has 1 N–H and O–H groups in total. The quantitative estimate of drug-likeness (QED) is 0.476. The Morgan fingerprint density at radius 2 is 1.67 bits per heavy atom. The van der Waals surface area contributed by atoms with Gasteiger partial charge in [-0.2, -0.15) is 0 Å². The molecule has 1 rings (SSSR count). The van der Waals surface area contributed by atoms with E-state index in [2.05, 4.69) is 5.32 Å². The minimum Gasteiger partial charge on any atom is -0.468 e. The van der Waals surface area contributed by atoms with Crippen LogP contribution in [0.1, 0.15) is 52.4 Å². The Bertz CT molecular complexity index is 281. The van der Waals surface area contributed by atoms with Crippen LogP contribution in [-0.4, -0.2) is 25.0 Å². The first kappa shape index (κ1) is 15.0. The van der Waals surface area contributed by atoms with Gasteiger partial charge < -0.3 is 10.1 Å². The molecule has 1 saturated carbocycles. The van der Waals surface area contributed by atoms with Crippen LogP contribution in [-0.2, 0) is 14.3 Å². The van der Waals surface area contributed by atoms with E-state index in [0.717, 1.165) is 25.7 Å². The molecule has 1 atom stereocenters. The van der Waals surface area contributed by atoms with E-state index >= 15 is 0 Å². The maximum atomic E-state index is 12.2. The molecule has 18 heavy (non-hydrogen) atoms. The van der Waals surface area contributed by atoms with Crippen LogP contribution in [0.3, 0.4) is 0 Å². The van der Waals surface area contributed by atoms with Crippen LogP contribution in [0.4, 0.5) is 0 Å². The van der Waals surface area contributed by atoms with E-state index in [9.17, 15) is 9.59 Å². The zero-order valence-electron chi connectivity index (χ0n) is 11.7. The van der Waals surface area contributed by atoms with Gasteiger partial charge in [-0.15, -0.1) is 0 Å². The first-order valence-corrected chi connectivity index (χ1v) is 6.94. The third kappa shape index (κ3) is 4.31. The van der Waals surface area contributed by atoms with Crippen LogP contribution in [0.5, 0.6) is 0 Å². The fraction of sp³-hybridized carbons (Fsp3) is 0.857. The number of methoxy groups -OCH3 is 1. The second-order valence-corrected chi connectivity index (χ2v) is 5.44. The third-order valence-corrected chi connectivity index (χ3v) is 3.61. The molecule has 0 saturated heterocycles. The number of carbonyl (C=O) groups is 2. The number of amides is 1. The van der Waals surface area contributed by atoms with Crippen molar-refractivity contribution in [2.45, 2.75) is 58.4 Å². The SMILES string of the molecule is COC(=O)C(C(=O)NC1CCCCCC1)C(C)C. The van der Waals surface area contributed by atoms with Crippen LogP contribution in [0.25, 0.3) is 0 Å². The Labute approximate surface area is 109 Å². The lowest BCUT2D eigenvalue weighted by Gasteiger charge is -2.22. The minimum absolute atomic E-state index is 0.0387. The van der Waals surface area contributed by atoms with Crippen LogP contribution in [0.2, 0.25) is 0 Å². The Morgan fingerprint density at radius 1 is 1.11 bits per heavy atom. The number of carbonyl (C=O) groups excluding carboxylic acids is 2. The topological polar surface area (TPSA) is 55.4 Å². The fourth-order valence-corrected chi connectivity index (χ4v) is 2.52. The summed E-state index contributed by atoms with van der Waals surface area (Å²) < 4.78 is 4.71. The largest absolute Gasteiger partial charge is 0.468 e. The van der Waals surface area contributed by atoms with E-state index in [-0.39, 0.29) is 17.9 Å². The number of nitrogens with one attached hydrogen (secondary N) is 1. The molecule has 4 heteroatoms. The lowest BCUT2D eigenvalue weighted by atomic mass is 9.94. The van der Waals surface area contributed by atoms with Gasteiger partial charge in [0.1, 0.15) is 5.92 Å². The highest BCUT2D eigenvalue weighted by Crippen LogP contribution is 2.19. The highest BCUT2D eigenvalue weighted by Gasteiger charge is 2.32. The van der Waals surface area contributed by atoms with Crippen molar-refractivity contribution >= 4 is 11.9 Å². The summed E-state index contributed by atoms with van der Waals surface area (Å²) in [4.78, 5) is 23.8. The molecule has 0 radical (unpaired) electrons. The van der Waals surface area contributed by atoms with Crippen molar-refractivity contribution in [2.75, 3.05) is 7.11 Å². The molecule has 1 fully saturated rings. The minimum atomic E-state index is -0.682. The summed E-state index contributed by atoms with van der Waals surface area (Å²) in [6, 6.07) is 0.228. The number of ether oxygens (including phenoxy) is 1. The monoisotopic (exact) mass is 255 g/mol. The van der Waals surface area contributed by atoms with Gasteiger partial charge in [0, 0.05) is 6.04 Å². The molecule has 0 aliphatic heterocycles. The second-order valence-electron chi connectivity index (χ2n) is 5.44. The standard InChI is InChI=1S/C14H25NO3/c1-10(2)12(14(17)18-3)13(16)15-11-8-6-4-5-7-9-11/h10-12H,4-9H2,1-3H3,(H,15,16). The van der Waals surface area contributed by atoms with E-state index in [1.807, 2.05) is 13.8 Å². The number of hydrogen-bond acceptors (Lipinski definition) is 3. The van der Waals surface area contributed by atoms with Crippen molar-refractivity contribution < 1.29 is 14.3 Å². The molecule has 1 aliphatic carbocycles. The Hall–Kier alpha value is -1.06. The average molecular weight is 255 g/mol. The average Bonchev–Trinajstić information content (AvgIpc) is 2.57. The van der Waals surface area contributed by atoms with E-state index in [0.29, 0.717) is 0 Å². The highest BCUT2D eigenvalue weighted by atomic mass is 16.5. The first-order chi connectivity index (χ1) is 8.56. The van der Waals surface area contributed by atoms with Crippen molar-refractivity contribution in [1.82, 2.24) is 5.32 Å². The molecule has 0 heterocycles. The van der Waals surface area contributed by atoms with Gasteiger partial charge >= 0.3 is 5.97 Å². The third-order valence-electron chi connectivity index (χ3n) is 3.61. The molecular weight excluding hydrogens is 230 g/mol. The predicted molar refractivity (Wildman–Crippen MR) is 70.0 cm³/mol. The summed E-state index contributed by atoms with van der Waals surface area (Å²) >= 11 is 0. The summed E-state index contributed by atoms with van der Waals surface area (Å²) in [6.07, 6.45) is 6.87. The first-order valence-electron chi connectivity index (χ1n) is 6.94. The summed E-state index contributed by atoms with van der Waals surface area (Å²) in [6.45, 7) is 3.74. The van der Waals surface area contributed by atoms with Crippen molar-refractivity contribution in [3.05, 3.63) is 0 Å². The lowest BCUT2D eigenvalue weighted by molar-refractivity contribution is -0.152. The second kappa shape index (κ2) is 7.39. The van der Waals surface area contributed by atoms with Gasteiger partial charge in [0.05, 0.1) is 7.11 Å². The molecule has 0 aromatic carbocycles. The molecule has 0 aromatic rings. The summed E-state index contributed by atoms with van der Waals surface area (Å²) in [7, 11) is 1.33. The van der Waals surface area contributed by atoms with Crippen molar-refractivity contribution in [1.29, 1.82) is 0 Å². The number of hydrogen-bond donors (Lipinski definition) is 1. The molecule has 1 aliphatic rings. The van der Waals surface area contributed by atoms with Gasteiger partial charge in [-0.25, -0.2) is 0 Å². The van der Waals surface area contributed by atoms with Gasteiger partial charge in [-0.3, -0.25) is 9.59 Å². The zero-order chi connectivity index (χ0) is 13.5. The van der Waals surface area contributed by atoms with E-state index in [1.54, 1.807) is 0 Å². The highest BCUT2D eigenvalue weighted by molar-refractivity contribution is 5.98. The van der Waals surface area contributed by atoms with Crippen molar-refractivity contribution in [3.63, 3.8) is 0 Å². The van der Waals surface area contributed by atoms with Gasteiger partial charge in [-0.05, 0) is 18.8 Å². The Balaban J connectivity index is 2.57. The molecule has 0 spiro atoms. The molecule has 104 valence electrons. The van der Waals surface area contributed by atoms with Gasteiger partial charge in [0.2, 0.25) is 5.91 Å². The van der Waals surface area contributed by atoms with Gasteiger partial charge in [-0.1, -0.05) is 39.5 Å². The lowest BCUT2D eigenvalue weighted by Crippen LogP contribution is -2.43. The summed E-state index contributed by atoms with van der Waals surface area (Å²) in [5, 5.41) is 3.02. The maximum Gasteiger partial charge on any atom is 0.318 e. The van der Waals surface area contributed by atoms with E-state index in [4.69, 9.17) is 4.74 Å². The van der Waals surface area contributed by atoms with E-state index < -0.39 is 11.9 Å². The Morgan fingerprint density at radius 3 is 2.11 bits per heavy atom. The molecular formula is C14H25NO3. The number of esters is 1. The maximum absolute atomic E-state index is 12.2. The van der Waals surface area contributed by atoms with Gasteiger partial charge in [0.25, 0.3) is 0 Å². The zero-order valence-corrected chi connectivity index (χ0v) is 11.7. The smallest absolute Gasteiger partial charge is 0.318 e. The van der Waals surface area contributed by atoms with Crippen LogP contribution >= 0.6 is 0 Å². The van der Waals surface area contributed by atoms with Gasteiger partial charge in [0.15, 0.2) is 0 Å². The summed E-state index contributed by atoms with van der Waals surface area (Å²) in [5.41, 5.74) is 0. The Kier molecular flexibility index (Phi) is 6.16. The molecule has 1 amide bonds. The molecule has 0 aromatic heterocycles.